The van der Waals surface area contributed by atoms with Crippen LogP contribution in [0.25, 0.3) is 0 Å². The third-order valence-electron chi connectivity index (χ3n) is 2.31. The number of thiol groups is 1. The van der Waals surface area contributed by atoms with Gasteiger partial charge in [0.1, 0.15) is 0 Å². The predicted molar refractivity (Wildman–Crippen MR) is 69.9 cm³/mol. The van der Waals surface area contributed by atoms with Gasteiger partial charge in [-0.2, -0.15) is 12.6 Å². The normalized spacial score (nSPS) is 9.28. The average molecular weight is 265 g/mol. The predicted octanol–water partition coefficient (Wildman–Crippen LogP) is 1.97. The largest absolute Gasteiger partial charge is 0.465 e. The van der Waals surface area contributed by atoms with E-state index in [4.69, 9.17) is 0 Å². The molecule has 0 N–H and O–H groups in total. The molecule has 0 spiro atoms. The van der Waals surface area contributed by atoms with Crippen molar-refractivity contribution in [3.63, 3.8) is 0 Å². The Balaban J connectivity index is 3.47. The van der Waals surface area contributed by atoms with Crippen LogP contribution in [-0.2, 0) is 4.74 Å². The van der Waals surface area contributed by atoms with Crippen LogP contribution in [0.4, 0.5) is 5.69 Å². The topological polar surface area (TPSA) is 69.4 Å². The van der Waals surface area contributed by atoms with E-state index in [0.29, 0.717) is 16.9 Å². The molecule has 5 nitrogen and oxygen atoms in total. The first-order valence-electron chi connectivity index (χ1n) is 4.98. The Hall–Kier alpha value is -2.00. The zero-order valence-electron chi connectivity index (χ0n) is 9.89. The van der Waals surface area contributed by atoms with E-state index in [9.17, 15) is 14.9 Å². The summed E-state index contributed by atoms with van der Waals surface area (Å²) >= 11 is 3.94. The van der Waals surface area contributed by atoms with E-state index in [1.165, 1.54) is 19.2 Å². The minimum absolute atomic E-state index is 0.148. The number of nitrogens with zero attached hydrogens (tertiary/aromatic N) is 1. The van der Waals surface area contributed by atoms with Gasteiger partial charge in [-0.05, 0) is 12.5 Å². The molecule has 0 unspecified atom stereocenters. The molecule has 0 atom stereocenters. The lowest BCUT2D eigenvalue weighted by atomic mass is 10.0. The summed E-state index contributed by atoms with van der Waals surface area (Å²) in [6.45, 7) is 1.67. The van der Waals surface area contributed by atoms with Crippen molar-refractivity contribution in [3.8, 4) is 11.8 Å². The first-order chi connectivity index (χ1) is 8.51. The molecule has 0 aliphatic heterocycles. The molecule has 6 heteroatoms. The standard InChI is InChI=1S/C12H11NO4S/c1-8-9(4-3-5-18)6-10(13(15)16)7-11(8)12(14)17-2/h6-7,18H,5H2,1-2H3. The van der Waals surface area contributed by atoms with Gasteiger partial charge in [0.15, 0.2) is 0 Å². The highest BCUT2D eigenvalue weighted by Crippen LogP contribution is 2.22. The Morgan fingerprint density at radius 1 is 1.56 bits per heavy atom. The van der Waals surface area contributed by atoms with Gasteiger partial charge in [-0.1, -0.05) is 11.8 Å². The Kier molecular flexibility index (Phi) is 4.75. The summed E-state index contributed by atoms with van der Waals surface area (Å²) < 4.78 is 4.59. The third kappa shape index (κ3) is 3.02. The van der Waals surface area contributed by atoms with Crippen LogP contribution in [-0.4, -0.2) is 23.8 Å². The Bertz CT molecular complexity index is 557. The maximum atomic E-state index is 11.5. The first-order valence-corrected chi connectivity index (χ1v) is 5.61. The van der Waals surface area contributed by atoms with Crippen molar-refractivity contribution in [2.75, 3.05) is 12.9 Å². The van der Waals surface area contributed by atoms with Gasteiger partial charge >= 0.3 is 5.97 Å². The van der Waals surface area contributed by atoms with Crippen LogP contribution in [0.15, 0.2) is 12.1 Å². The smallest absolute Gasteiger partial charge is 0.338 e. The van der Waals surface area contributed by atoms with Gasteiger partial charge in [-0.25, -0.2) is 4.79 Å². The minimum Gasteiger partial charge on any atom is -0.465 e. The zero-order chi connectivity index (χ0) is 13.7. The molecule has 1 rings (SSSR count). The number of nitro benzene ring substituents is 1. The Morgan fingerprint density at radius 3 is 2.72 bits per heavy atom. The second-order valence-corrected chi connectivity index (χ2v) is 3.69. The van der Waals surface area contributed by atoms with Crippen LogP contribution in [0.1, 0.15) is 21.5 Å². The van der Waals surface area contributed by atoms with Gasteiger partial charge < -0.3 is 4.74 Å². The van der Waals surface area contributed by atoms with Crippen molar-refractivity contribution < 1.29 is 14.5 Å². The molecule has 1 aromatic carbocycles. The SMILES string of the molecule is COC(=O)c1cc([N+](=O)[O-])cc(C#CCS)c1C. The quantitative estimate of drug-likeness (QED) is 0.292. The number of non-ortho nitro benzene ring substituents is 1. The number of benzene rings is 1. The fourth-order valence-electron chi connectivity index (χ4n) is 1.39. The minimum atomic E-state index is -0.620. The fraction of sp³-hybridized carbons (Fsp3) is 0.250. The molecule has 0 aliphatic rings. The van der Waals surface area contributed by atoms with Crippen LogP contribution in [0.3, 0.4) is 0 Å². The van der Waals surface area contributed by atoms with E-state index in [2.05, 4.69) is 29.2 Å². The van der Waals surface area contributed by atoms with Crippen molar-refractivity contribution >= 4 is 24.3 Å². The molecule has 0 bridgehead atoms. The molecule has 0 aromatic heterocycles. The number of hydrogen-bond donors (Lipinski definition) is 1. The molecular formula is C12H11NO4S. The summed E-state index contributed by atoms with van der Waals surface area (Å²) in [4.78, 5) is 21.7. The van der Waals surface area contributed by atoms with E-state index in [1.54, 1.807) is 6.92 Å². The molecule has 0 amide bonds. The highest BCUT2D eigenvalue weighted by atomic mass is 32.1. The summed E-state index contributed by atoms with van der Waals surface area (Å²) in [6, 6.07) is 2.52. The number of esters is 1. The number of methoxy groups -OCH3 is 1. The Labute approximate surface area is 110 Å². The maximum Gasteiger partial charge on any atom is 0.338 e. The fourth-order valence-corrected chi connectivity index (χ4v) is 1.47. The lowest BCUT2D eigenvalue weighted by molar-refractivity contribution is -0.384. The summed E-state index contributed by atoms with van der Waals surface area (Å²) in [7, 11) is 1.22. The van der Waals surface area contributed by atoms with E-state index in [-0.39, 0.29) is 11.3 Å². The van der Waals surface area contributed by atoms with Crippen molar-refractivity contribution in [2.45, 2.75) is 6.92 Å². The molecule has 1 aromatic rings. The number of rotatable bonds is 2. The van der Waals surface area contributed by atoms with Gasteiger partial charge in [-0.15, -0.1) is 0 Å². The van der Waals surface area contributed by atoms with Crippen molar-refractivity contribution in [1.82, 2.24) is 0 Å². The molecule has 94 valence electrons. The molecule has 0 saturated carbocycles. The Morgan fingerprint density at radius 2 is 2.22 bits per heavy atom. The second kappa shape index (κ2) is 6.07. The van der Waals surface area contributed by atoms with Gasteiger partial charge in [0.2, 0.25) is 0 Å². The van der Waals surface area contributed by atoms with Crippen LogP contribution < -0.4 is 0 Å². The first kappa shape index (κ1) is 14.1. The van der Waals surface area contributed by atoms with Crippen LogP contribution in [0, 0.1) is 28.9 Å². The molecule has 18 heavy (non-hydrogen) atoms. The number of hydrogen-bond acceptors (Lipinski definition) is 5. The van der Waals surface area contributed by atoms with Crippen molar-refractivity contribution in [1.29, 1.82) is 0 Å². The third-order valence-corrected chi connectivity index (χ3v) is 2.47. The maximum absolute atomic E-state index is 11.5. The molecule has 0 saturated heterocycles. The lowest BCUT2D eigenvalue weighted by Crippen LogP contribution is -2.06. The highest BCUT2D eigenvalue weighted by Gasteiger charge is 2.18. The van der Waals surface area contributed by atoms with E-state index < -0.39 is 10.9 Å². The molecular weight excluding hydrogens is 254 g/mol. The number of ether oxygens (including phenoxy) is 1. The van der Waals surface area contributed by atoms with E-state index in [0.717, 1.165) is 0 Å². The zero-order valence-corrected chi connectivity index (χ0v) is 10.8. The monoisotopic (exact) mass is 265 g/mol. The molecule has 0 heterocycles. The lowest BCUT2D eigenvalue weighted by Gasteiger charge is -2.06. The van der Waals surface area contributed by atoms with Gasteiger partial charge in [0.25, 0.3) is 5.69 Å². The highest BCUT2D eigenvalue weighted by molar-refractivity contribution is 7.80. The molecule has 0 fully saturated rings. The summed E-state index contributed by atoms with van der Waals surface area (Å²) in [5, 5.41) is 10.8. The number of carbonyl (C=O) groups excluding carboxylic acids is 1. The van der Waals surface area contributed by atoms with E-state index in [1.807, 2.05) is 0 Å². The van der Waals surface area contributed by atoms with Crippen molar-refractivity contribution in [2.24, 2.45) is 0 Å². The molecule has 0 radical (unpaired) electrons. The second-order valence-electron chi connectivity index (χ2n) is 3.37. The number of carbonyl (C=O) groups is 1. The summed E-state index contributed by atoms with van der Waals surface area (Å²) in [5.41, 5.74) is 0.944. The van der Waals surface area contributed by atoms with Crippen molar-refractivity contribution in [3.05, 3.63) is 38.9 Å². The molecule has 0 aliphatic carbocycles. The van der Waals surface area contributed by atoms with Gasteiger partial charge in [-0.3, -0.25) is 10.1 Å². The van der Waals surface area contributed by atoms with Crippen LogP contribution >= 0.6 is 12.6 Å². The summed E-state index contributed by atoms with van der Waals surface area (Å²) in [6.07, 6.45) is 0. The van der Waals surface area contributed by atoms with Crippen LogP contribution in [0.5, 0.6) is 0 Å². The average Bonchev–Trinajstić information content (AvgIpc) is 2.36. The van der Waals surface area contributed by atoms with Gasteiger partial charge in [0.05, 0.1) is 23.3 Å². The summed E-state index contributed by atoms with van der Waals surface area (Å²) in [5.74, 6) is 5.14. The number of nitro groups is 1. The van der Waals surface area contributed by atoms with Gasteiger partial charge in [0, 0.05) is 17.7 Å². The van der Waals surface area contributed by atoms with Crippen LogP contribution in [0.2, 0.25) is 0 Å². The van der Waals surface area contributed by atoms with E-state index >= 15 is 0 Å².